The second-order valence-corrected chi connectivity index (χ2v) is 3.53. The molecule has 1 atom stereocenters. The molecule has 0 radical (unpaired) electrons. The van der Waals surface area contributed by atoms with E-state index in [2.05, 4.69) is 0 Å². The van der Waals surface area contributed by atoms with E-state index in [4.69, 9.17) is 14.2 Å². The van der Waals surface area contributed by atoms with Crippen LogP contribution in [-0.4, -0.2) is 23.1 Å². The Kier molecular flexibility index (Phi) is 6.00. The maximum absolute atomic E-state index is 11.5. The Labute approximate surface area is 84.4 Å². The van der Waals surface area contributed by atoms with E-state index in [1.807, 2.05) is 0 Å². The molecule has 0 aliphatic carbocycles. The van der Waals surface area contributed by atoms with Crippen molar-refractivity contribution in [3.8, 4) is 0 Å². The molecule has 0 aromatic carbocycles. The zero-order valence-corrected chi connectivity index (χ0v) is 9.70. The maximum atomic E-state index is 11.5. The van der Waals surface area contributed by atoms with Crippen molar-refractivity contribution < 1.29 is 23.5 Å². The highest BCUT2D eigenvalue weighted by atomic mass is 31.1. The molecule has 0 aliphatic heterocycles. The Hall–Kier alpha value is -0.380. The van der Waals surface area contributed by atoms with Gasteiger partial charge in [-0.05, 0) is 19.8 Å². The van der Waals surface area contributed by atoms with E-state index >= 15 is 0 Å². The second-order valence-electron chi connectivity index (χ2n) is 2.79. The summed E-state index contributed by atoms with van der Waals surface area (Å²) in [5, 5.41) is 0. The van der Waals surface area contributed by atoms with Crippen molar-refractivity contribution in [2.24, 2.45) is 0 Å². The van der Waals surface area contributed by atoms with Gasteiger partial charge < -0.3 is 9.63 Å². The third-order valence-electron chi connectivity index (χ3n) is 2.07. The molecule has 6 heteroatoms. The first kappa shape index (κ1) is 13.6. The minimum Gasteiger partial charge on any atom is -0.464 e. The molecular weight excluding hydrogens is 207 g/mol. The van der Waals surface area contributed by atoms with Gasteiger partial charge in [-0.3, -0.25) is 9.09 Å². The summed E-state index contributed by atoms with van der Waals surface area (Å²) in [4.78, 5) is 20.2. The van der Waals surface area contributed by atoms with Gasteiger partial charge in [0.25, 0.3) is 0 Å². The number of carbonyl (C=O) groups excluding carboxylic acids is 1. The SMILES string of the molecule is CCOC(=O)C(CC)(CC)O[PH](=O)O. The predicted molar refractivity (Wildman–Crippen MR) is 52.3 cm³/mol. The van der Waals surface area contributed by atoms with E-state index in [9.17, 15) is 9.36 Å². The van der Waals surface area contributed by atoms with Crippen LogP contribution in [0.2, 0.25) is 0 Å². The first-order valence-electron chi connectivity index (χ1n) is 4.61. The Bertz CT molecular complexity index is 212. The number of rotatable bonds is 6. The van der Waals surface area contributed by atoms with Crippen molar-refractivity contribution in [2.45, 2.75) is 39.2 Å². The highest BCUT2D eigenvalue weighted by Crippen LogP contribution is 2.32. The van der Waals surface area contributed by atoms with Gasteiger partial charge in [0, 0.05) is 0 Å². The summed E-state index contributed by atoms with van der Waals surface area (Å²) in [5.74, 6) is -0.572. The van der Waals surface area contributed by atoms with Crippen LogP contribution >= 0.6 is 8.25 Å². The van der Waals surface area contributed by atoms with E-state index in [1.165, 1.54) is 0 Å². The van der Waals surface area contributed by atoms with Gasteiger partial charge >= 0.3 is 14.2 Å². The molecule has 1 unspecified atom stereocenters. The molecule has 0 amide bonds. The van der Waals surface area contributed by atoms with Gasteiger partial charge in [-0.2, -0.15) is 0 Å². The number of carbonyl (C=O) groups is 1. The first-order chi connectivity index (χ1) is 6.52. The molecular formula is C8H17O5P. The molecule has 0 aromatic heterocycles. The summed E-state index contributed by atoms with van der Waals surface area (Å²) in [7, 11) is -3.13. The Morgan fingerprint density at radius 1 is 1.36 bits per heavy atom. The number of esters is 1. The second kappa shape index (κ2) is 6.17. The molecule has 0 aliphatic rings. The molecule has 0 saturated heterocycles. The molecule has 0 fully saturated rings. The molecule has 14 heavy (non-hydrogen) atoms. The van der Waals surface area contributed by atoms with Crippen LogP contribution in [0, 0.1) is 0 Å². The van der Waals surface area contributed by atoms with Crippen LogP contribution < -0.4 is 0 Å². The van der Waals surface area contributed by atoms with Gasteiger partial charge in [-0.1, -0.05) is 13.8 Å². The summed E-state index contributed by atoms with van der Waals surface area (Å²) in [6.45, 7) is 5.34. The van der Waals surface area contributed by atoms with E-state index in [0.717, 1.165) is 0 Å². The molecule has 0 rings (SSSR count). The largest absolute Gasteiger partial charge is 0.464 e. The monoisotopic (exact) mass is 224 g/mol. The fourth-order valence-corrected chi connectivity index (χ4v) is 1.86. The van der Waals surface area contributed by atoms with Gasteiger partial charge in [0.1, 0.15) is 0 Å². The lowest BCUT2D eigenvalue weighted by Crippen LogP contribution is -2.40. The lowest BCUT2D eigenvalue weighted by molar-refractivity contribution is -0.162. The molecule has 0 saturated carbocycles. The van der Waals surface area contributed by atoms with Gasteiger partial charge in [-0.15, -0.1) is 0 Å². The van der Waals surface area contributed by atoms with Crippen molar-refractivity contribution in [1.29, 1.82) is 0 Å². The van der Waals surface area contributed by atoms with Crippen LogP contribution in [0.5, 0.6) is 0 Å². The minimum absolute atomic E-state index is 0.232. The fraction of sp³-hybridized carbons (Fsp3) is 0.875. The Morgan fingerprint density at radius 3 is 2.14 bits per heavy atom. The van der Waals surface area contributed by atoms with Crippen LogP contribution in [0.3, 0.4) is 0 Å². The van der Waals surface area contributed by atoms with E-state index in [-0.39, 0.29) is 6.61 Å². The van der Waals surface area contributed by atoms with Crippen molar-refractivity contribution in [2.75, 3.05) is 6.61 Å². The standard InChI is InChI=1S/C8H17O5P/c1-4-8(5-2,13-14(10)11)7(9)12-6-3/h14H,4-6H2,1-3H3,(H,10,11). The van der Waals surface area contributed by atoms with E-state index < -0.39 is 19.8 Å². The van der Waals surface area contributed by atoms with Crippen molar-refractivity contribution >= 4 is 14.2 Å². The summed E-state index contributed by atoms with van der Waals surface area (Å²) >= 11 is 0. The third kappa shape index (κ3) is 3.40. The maximum Gasteiger partial charge on any atom is 0.338 e. The molecule has 84 valence electrons. The minimum atomic E-state index is -3.13. The normalized spacial score (nSPS) is 13.7. The molecule has 0 spiro atoms. The molecule has 1 N–H and O–H groups in total. The number of hydrogen-bond acceptors (Lipinski definition) is 4. The number of hydrogen-bond donors (Lipinski definition) is 1. The van der Waals surface area contributed by atoms with Crippen LogP contribution in [-0.2, 0) is 18.6 Å². The lowest BCUT2D eigenvalue weighted by Gasteiger charge is -2.27. The quantitative estimate of drug-likeness (QED) is 0.546. The molecule has 5 nitrogen and oxygen atoms in total. The van der Waals surface area contributed by atoms with Crippen LogP contribution in [0.1, 0.15) is 33.6 Å². The molecule has 0 aromatic rings. The van der Waals surface area contributed by atoms with Crippen LogP contribution in [0.25, 0.3) is 0 Å². The lowest BCUT2D eigenvalue weighted by atomic mass is 9.98. The fourth-order valence-electron chi connectivity index (χ4n) is 1.15. The van der Waals surface area contributed by atoms with E-state index in [0.29, 0.717) is 12.8 Å². The third-order valence-corrected chi connectivity index (χ3v) is 2.64. The van der Waals surface area contributed by atoms with Crippen molar-refractivity contribution in [3.05, 3.63) is 0 Å². The molecule has 0 heterocycles. The summed E-state index contributed by atoms with van der Waals surface area (Å²) in [6.07, 6.45) is 0.638. The molecule has 0 bridgehead atoms. The van der Waals surface area contributed by atoms with Crippen LogP contribution in [0.15, 0.2) is 0 Å². The van der Waals surface area contributed by atoms with Crippen molar-refractivity contribution in [3.63, 3.8) is 0 Å². The Morgan fingerprint density at radius 2 is 1.86 bits per heavy atom. The average Bonchev–Trinajstić information content (AvgIpc) is 2.14. The van der Waals surface area contributed by atoms with Gasteiger partial charge in [0.05, 0.1) is 6.61 Å². The smallest absolute Gasteiger partial charge is 0.338 e. The number of ether oxygens (including phenoxy) is 1. The van der Waals surface area contributed by atoms with Crippen LogP contribution in [0.4, 0.5) is 0 Å². The summed E-state index contributed by atoms with van der Waals surface area (Å²) < 4.78 is 20.2. The van der Waals surface area contributed by atoms with Gasteiger partial charge in [-0.25, -0.2) is 4.79 Å². The summed E-state index contributed by atoms with van der Waals surface area (Å²) in [5.41, 5.74) is -1.26. The highest BCUT2D eigenvalue weighted by Gasteiger charge is 2.39. The topological polar surface area (TPSA) is 72.8 Å². The zero-order valence-electron chi connectivity index (χ0n) is 8.70. The predicted octanol–water partition coefficient (Wildman–Crippen LogP) is 1.51. The average molecular weight is 224 g/mol. The highest BCUT2D eigenvalue weighted by molar-refractivity contribution is 7.32. The first-order valence-corrected chi connectivity index (χ1v) is 5.88. The van der Waals surface area contributed by atoms with Gasteiger partial charge in [0.2, 0.25) is 0 Å². The zero-order chi connectivity index (χ0) is 11.2. The van der Waals surface area contributed by atoms with Gasteiger partial charge in [0.15, 0.2) is 5.60 Å². The van der Waals surface area contributed by atoms with E-state index in [1.54, 1.807) is 20.8 Å². The Balaban J connectivity index is 4.67. The summed E-state index contributed by atoms with van der Waals surface area (Å²) in [6, 6.07) is 0. The van der Waals surface area contributed by atoms with Crippen molar-refractivity contribution in [1.82, 2.24) is 0 Å².